The number of halogens is 1. The summed E-state index contributed by atoms with van der Waals surface area (Å²) in [5.74, 6) is 4.72. The van der Waals surface area contributed by atoms with Gasteiger partial charge in [0, 0.05) is 31.0 Å². The molecule has 172 valence electrons. The number of nitrogens with one attached hydrogen (secondary N) is 2. The molecule has 0 fully saturated rings. The fourth-order valence-electron chi connectivity index (χ4n) is 3.37. The first-order chi connectivity index (χ1) is 14.5. The van der Waals surface area contributed by atoms with E-state index in [1.54, 1.807) is 7.11 Å². The van der Waals surface area contributed by atoms with Crippen LogP contribution in [0.2, 0.25) is 0 Å². The number of aryl methyl sites for hydroxylation is 1. The van der Waals surface area contributed by atoms with Gasteiger partial charge in [-0.3, -0.25) is 0 Å². The zero-order valence-corrected chi connectivity index (χ0v) is 21.4. The van der Waals surface area contributed by atoms with Gasteiger partial charge in [0.15, 0.2) is 11.8 Å². The maximum Gasteiger partial charge on any atom is 0.191 e. The first kappa shape index (κ1) is 25.2. The molecule has 9 heteroatoms. The molecule has 1 aliphatic heterocycles. The minimum absolute atomic E-state index is 0. The van der Waals surface area contributed by atoms with E-state index >= 15 is 0 Å². The highest BCUT2D eigenvalue weighted by atomic mass is 127. The largest absolute Gasteiger partial charge is 0.497 e. The summed E-state index contributed by atoms with van der Waals surface area (Å²) < 4.78 is 13.3. The van der Waals surface area contributed by atoms with Crippen LogP contribution in [0.3, 0.4) is 0 Å². The van der Waals surface area contributed by atoms with Crippen LogP contribution in [-0.4, -0.2) is 53.1 Å². The smallest absolute Gasteiger partial charge is 0.191 e. The molecule has 2 N–H and O–H groups in total. The van der Waals surface area contributed by atoms with Crippen molar-refractivity contribution in [1.82, 2.24) is 25.4 Å². The number of benzene rings is 1. The van der Waals surface area contributed by atoms with Gasteiger partial charge in [0.05, 0.1) is 20.2 Å². The number of aliphatic imine (C=N–C) groups is 1. The zero-order chi connectivity index (χ0) is 21.5. The third kappa shape index (κ3) is 7.26. The van der Waals surface area contributed by atoms with Crippen LogP contribution in [-0.2, 0) is 13.0 Å². The molecule has 0 radical (unpaired) electrons. The average molecular weight is 542 g/mol. The van der Waals surface area contributed by atoms with Crippen molar-refractivity contribution in [3.63, 3.8) is 0 Å². The van der Waals surface area contributed by atoms with Gasteiger partial charge in [0.2, 0.25) is 0 Å². The molecule has 2 atom stereocenters. The molecule has 3 rings (SSSR count). The quantitative estimate of drug-likeness (QED) is 0.303. The Kier molecular flexibility index (Phi) is 9.86. The van der Waals surface area contributed by atoms with Crippen molar-refractivity contribution in [1.29, 1.82) is 0 Å². The van der Waals surface area contributed by atoms with E-state index < -0.39 is 0 Å². The summed E-state index contributed by atoms with van der Waals surface area (Å²) in [5.41, 5.74) is 0. The summed E-state index contributed by atoms with van der Waals surface area (Å²) in [6.07, 6.45) is 1.87. The number of aromatic nitrogens is 3. The van der Waals surface area contributed by atoms with Crippen LogP contribution >= 0.6 is 24.0 Å². The Balaban J connectivity index is 0.00000341. The lowest BCUT2D eigenvalue weighted by atomic mass is 10.1. The van der Waals surface area contributed by atoms with Crippen molar-refractivity contribution in [2.45, 2.75) is 65.1 Å². The molecular formula is C22H35IN6O2. The number of hydrogen-bond donors (Lipinski definition) is 2. The van der Waals surface area contributed by atoms with Gasteiger partial charge in [-0.2, -0.15) is 5.10 Å². The highest BCUT2D eigenvalue weighted by Crippen LogP contribution is 2.20. The number of ether oxygens (including phenoxy) is 2. The van der Waals surface area contributed by atoms with Crippen LogP contribution in [0.4, 0.5) is 0 Å². The average Bonchev–Trinajstić information content (AvgIpc) is 3.16. The summed E-state index contributed by atoms with van der Waals surface area (Å²) in [7, 11) is 1.65. The van der Waals surface area contributed by atoms with E-state index in [0.717, 1.165) is 55.0 Å². The maximum atomic E-state index is 5.98. The minimum Gasteiger partial charge on any atom is -0.497 e. The highest BCUT2D eigenvalue weighted by Gasteiger charge is 2.23. The van der Waals surface area contributed by atoms with Crippen molar-refractivity contribution < 1.29 is 9.47 Å². The van der Waals surface area contributed by atoms with Gasteiger partial charge in [0.1, 0.15) is 23.4 Å². The van der Waals surface area contributed by atoms with Crippen molar-refractivity contribution in [3.05, 3.63) is 35.9 Å². The molecule has 0 spiro atoms. The first-order valence-electron chi connectivity index (χ1n) is 10.8. The fourth-order valence-corrected chi connectivity index (χ4v) is 3.37. The topological polar surface area (TPSA) is 85.6 Å². The third-order valence-electron chi connectivity index (χ3n) is 4.96. The van der Waals surface area contributed by atoms with E-state index in [0.29, 0.717) is 12.5 Å². The molecule has 0 amide bonds. The van der Waals surface area contributed by atoms with Crippen LogP contribution in [0.25, 0.3) is 0 Å². The van der Waals surface area contributed by atoms with E-state index in [1.807, 2.05) is 35.9 Å². The van der Waals surface area contributed by atoms with Gasteiger partial charge in [-0.15, -0.1) is 24.0 Å². The summed E-state index contributed by atoms with van der Waals surface area (Å²) in [6, 6.07) is 7.90. The van der Waals surface area contributed by atoms with Gasteiger partial charge in [0.25, 0.3) is 0 Å². The van der Waals surface area contributed by atoms with Gasteiger partial charge in [-0.1, -0.05) is 19.9 Å². The van der Waals surface area contributed by atoms with Crippen molar-refractivity contribution in [3.8, 4) is 11.5 Å². The zero-order valence-electron chi connectivity index (χ0n) is 19.1. The maximum absolute atomic E-state index is 5.98. The Bertz CT molecular complexity index is 854. The highest BCUT2D eigenvalue weighted by molar-refractivity contribution is 14.0. The van der Waals surface area contributed by atoms with Gasteiger partial charge in [-0.05, 0) is 32.4 Å². The van der Waals surface area contributed by atoms with E-state index in [1.165, 1.54) is 0 Å². The SMILES string of the molecule is CCNC(=NCC(C)Oc1cccc(OC)c1)NC1CCc2nc(C(C)C)nn2C1.I. The van der Waals surface area contributed by atoms with E-state index in [2.05, 4.69) is 41.5 Å². The molecule has 8 nitrogen and oxygen atoms in total. The molecular weight excluding hydrogens is 507 g/mol. The summed E-state index contributed by atoms with van der Waals surface area (Å²) in [6.45, 7) is 10.5. The van der Waals surface area contributed by atoms with Crippen LogP contribution in [0.5, 0.6) is 11.5 Å². The molecule has 1 aliphatic rings. The lowest BCUT2D eigenvalue weighted by Gasteiger charge is -2.25. The molecule has 2 heterocycles. The number of rotatable bonds is 8. The normalized spacial score (nSPS) is 16.8. The lowest BCUT2D eigenvalue weighted by Crippen LogP contribution is -2.47. The molecule has 0 aliphatic carbocycles. The van der Waals surface area contributed by atoms with Crippen LogP contribution in [0.15, 0.2) is 29.3 Å². The Morgan fingerprint density at radius 2 is 2.06 bits per heavy atom. The van der Waals surface area contributed by atoms with Gasteiger partial charge < -0.3 is 20.1 Å². The molecule has 0 saturated heterocycles. The van der Waals surface area contributed by atoms with Gasteiger partial charge >= 0.3 is 0 Å². The lowest BCUT2D eigenvalue weighted by molar-refractivity contribution is 0.229. The molecule has 0 saturated carbocycles. The summed E-state index contributed by atoms with van der Waals surface area (Å²) in [5, 5.41) is 11.5. The van der Waals surface area contributed by atoms with Crippen LogP contribution in [0.1, 0.15) is 51.7 Å². The fraction of sp³-hybridized carbons (Fsp3) is 0.591. The van der Waals surface area contributed by atoms with Gasteiger partial charge in [-0.25, -0.2) is 14.7 Å². The molecule has 31 heavy (non-hydrogen) atoms. The molecule has 2 unspecified atom stereocenters. The monoisotopic (exact) mass is 542 g/mol. The van der Waals surface area contributed by atoms with E-state index in [9.17, 15) is 0 Å². The number of hydrogen-bond acceptors (Lipinski definition) is 5. The Morgan fingerprint density at radius 1 is 1.29 bits per heavy atom. The number of fused-ring (bicyclic) bond motifs is 1. The van der Waals surface area contributed by atoms with E-state index in [-0.39, 0.29) is 36.1 Å². The predicted octanol–water partition coefficient (Wildman–Crippen LogP) is 3.37. The van der Waals surface area contributed by atoms with Crippen molar-refractivity contribution in [2.24, 2.45) is 4.99 Å². The number of nitrogens with zero attached hydrogens (tertiary/aromatic N) is 4. The molecule has 2 aromatic rings. The van der Waals surface area contributed by atoms with Crippen LogP contribution in [0, 0.1) is 0 Å². The molecule has 1 aromatic heterocycles. The number of methoxy groups -OCH3 is 1. The second-order valence-corrected chi connectivity index (χ2v) is 7.93. The number of guanidine groups is 1. The van der Waals surface area contributed by atoms with Crippen molar-refractivity contribution in [2.75, 3.05) is 20.2 Å². The van der Waals surface area contributed by atoms with Crippen molar-refractivity contribution >= 4 is 29.9 Å². The van der Waals surface area contributed by atoms with E-state index in [4.69, 9.17) is 14.5 Å². The summed E-state index contributed by atoms with van der Waals surface area (Å²) in [4.78, 5) is 9.39. The first-order valence-corrected chi connectivity index (χ1v) is 10.8. The second kappa shape index (κ2) is 12.1. The molecule has 1 aromatic carbocycles. The predicted molar refractivity (Wildman–Crippen MR) is 134 cm³/mol. The van der Waals surface area contributed by atoms with Crippen LogP contribution < -0.4 is 20.1 Å². The minimum atomic E-state index is -0.0607. The Morgan fingerprint density at radius 3 is 2.77 bits per heavy atom. The summed E-state index contributed by atoms with van der Waals surface area (Å²) >= 11 is 0. The standard InChI is InChI=1S/C22H34N6O2.HI/c1-6-23-22(24-13-16(4)30-19-9-7-8-18(12-19)29-5)25-17-10-11-20-26-21(15(2)3)27-28(20)14-17;/h7-9,12,15-17H,6,10-11,13-14H2,1-5H3,(H2,23,24,25);1H. The second-order valence-electron chi connectivity index (χ2n) is 7.93. The Hall–Kier alpha value is -2.04. The molecule has 0 bridgehead atoms. The Labute approximate surface area is 202 Å². The third-order valence-corrected chi connectivity index (χ3v) is 4.96.